The lowest BCUT2D eigenvalue weighted by molar-refractivity contribution is -0.152. The van der Waals surface area contributed by atoms with E-state index in [-0.39, 0.29) is 0 Å². The minimum atomic E-state index is -1.27. The van der Waals surface area contributed by atoms with Gasteiger partial charge in [0.15, 0.2) is 5.60 Å². The molecule has 0 aromatic heterocycles. The average molecular weight is 242 g/mol. The highest BCUT2D eigenvalue weighted by atomic mass is 32.2. The van der Waals surface area contributed by atoms with E-state index in [1.54, 1.807) is 30.5 Å². The molecule has 1 N–H and O–H groups in total. The number of carboxylic acids is 1. The maximum atomic E-state index is 11.1. The van der Waals surface area contributed by atoms with Crippen molar-refractivity contribution >= 4 is 16.8 Å². The van der Waals surface area contributed by atoms with Crippen LogP contribution in [-0.2, 0) is 15.6 Å². The molecule has 0 fully saturated rings. The van der Waals surface area contributed by atoms with Gasteiger partial charge in [-0.05, 0) is 38.1 Å². The van der Waals surface area contributed by atoms with E-state index < -0.39 is 22.4 Å². The molecule has 1 aromatic rings. The molecule has 0 amide bonds. The van der Waals surface area contributed by atoms with E-state index in [1.807, 2.05) is 0 Å². The summed E-state index contributed by atoms with van der Waals surface area (Å²) in [5, 5.41) is 8.87. The van der Waals surface area contributed by atoms with E-state index in [1.165, 1.54) is 13.8 Å². The third-order valence-corrected chi connectivity index (χ3v) is 2.98. The topological polar surface area (TPSA) is 63.6 Å². The van der Waals surface area contributed by atoms with Crippen molar-refractivity contribution in [2.45, 2.75) is 24.3 Å². The van der Waals surface area contributed by atoms with Crippen LogP contribution in [0.15, 0.2) is 29.2 Å². The van der Waals surface area contributed by atoms with Crippen LogP contribution in [0.25, 0.3) is 0 Å². The van der Waals surface area contributed by atoms with Gasteiger partial charge in [-0.1, -0.05) is 0 Å². The normalized spacial score (nSPS) is 13.2. The predicted octanol–water partition coefficient (Wildman–Crippen LogP) is 1.67. The molecular weight excluding hydrogens is 228 g/mol. The Balaban J connectivity index is 2.84. The van der Waals surface area contributed by atoms with Crippen LogP contribution in [-0.4, -0.2) is 27.1 Å². The Kier molecular flexibility index (Phi) is 3.70. The molecule has 0 aliphatic carbocycles. The fraction of sp³-hybridized carbons (Fsp3) is 0.364. The minimum absolute atomic E-state index is 0.446. The molecule has 1 rings (SSSR count). The van der Waals surface area contributed by atoms with Gasteiger partial charge in [0.1, 0.15) is 5.75 Å². The largest absolute Gasteiger partial charge is 0.478 e. The van der Waals surface area contributed by atoms with Gasteiger partial charge in [0.05, 0.1) is 0 Å². The van der Waals surface area contributed by atoms with Gasteiger partial charge in [0.2, 0.25) is 0 Å². The Bertz CT molecular complexity index is 408. The molecule has 4 nitrogen and oxygen atoms in total. The molecule has 1 atom stereocenters. The summed E-state index contributed by atoms with van der Waals surface area (Å²) in [7, 11) is -1.04. The van der Waals surface area contributed by atoms with Gasteiger partial charge in [-0.2, -0.15) is 0 Å². The highest BCUT2D eigenvalue weighted by Crippen LogP contribution is 2.20. The van der Waals surface area contributed by atoms with Crippen LogP contribution in [0.1, 0.15) is 13.8 Å². The second-order valence-corrected chi connectivity index (χ2v) is 5.22. The number of ether oxygens (including phenoxy) is 1. The highest BCUT2D eigenvalue weighted by molar-refractivity contribution is 7.84. The number of aliphatic carboxylic acids is 1. The monoisotopic (exact) mass is 242 g/mol. The van der Waals surface area contributed by atoms with Crippen LogP contribution in [0.4, 0.5) is 0 Å². The molecule has 0 spiro atoms. The molecule has 0 saturated carbocycles. The Morgan fingerprint density at radius 3 is 2.19 bits per heavy atom. The van der Waals surface area contributed by atoms with E-state index in [2.05, 4.69) is 0 Å². The van der Waals surface area contributed by atoms with Crippen molar-refractivity contribution in [3.8, 4) is 5.75 Å². The van der Waals surface area contributed by atoms with Crippen molar-refractivity contribution in [3.05, 3.63) is 24.3 Å². The minimum Gasteiger partial charge on any atom is -0.478 e. The van der Waals surface area contributed by atoms with Crippen molar-refractivity contribution in [2.24, 2.45) is 0 Å². The number of carbonyl (C=O) groups is 1. The summed E-state index contributed by atoms with van der Waals surface area (Å²) >= 11 is 0. The summed E-state index contributed by atoms with van der Waals surface area (Å²) in [6.45, 7) is 2.95. The zero-order valence-electron chi connectivity index (χ0n) is 9.39. The zero-order chi connectivity index (χ0) is 12.3. The first-order chi connectivity index (χ1) is 7.33. The van der Waals surface area contributed by atoms with Gasteiger partial charge in [0, 0.05) is 22.0 Å². The summed E-state index contributed by atoms with van der Waals surface area (Å²) in [6.07, 6.45) is 1.58. The maximum Gasteiger partial charge on any atom is 0.347 e. The standard InChI is InChI=1S/C11H14O4S/c1-11(2,10(12)13)15-8-4-6-9(7-5-8)16(3)14/h4-7H,1-3H3,(H,12,13). The first kappa shape index (κ1) is 12.7. The Morgan fingerprint density at radius 1 is 1.31 bits per heavy atom. The van der Waals surface area contributed by atoms with Gasteiger partial charge in [-0.15, -0.1) is 0 Å². The predicted molar refractivity (Wildman–Crippen MR) is 61.1 cm³/mol. The van der Waals surface area contributed by atoms with E-state index >= 15 is 0 Å². The van der Waals surface area contributed by atoms with E-state index in [9.17, 15) is 9.00 Å². The van der Waals surface area contributed by atoms with Crippen molar-refractivity contribution in [1.82, 2.24) is 0 Å². The zero-order valence-corrected chi connectivity index (χ0v) is 10.2. The summed E-state index contributed by atoms with van der Waals surface area (Å²) in [6, 6.07) is 6.54. The fourth-order valence-corrected chi connectivity index (χ4v) is 1.56. The number of hydrogen-bond acceptors (Lipinski definition) is 3. The fourth-order valence-electron chi connectivity index (χ4n) is 1.04. The third kappa shape index (κ3) is 3.06. The maximum absolute atomic E-state index is 11.1. The van der Waals surface area contributed by atoms with Crippen LogP contribution < -0.4 is 4.74 Å². The van der Waals surface area contributed by atoms with Crippen LogP contribution >= 0.6 is 0 Å². The van der Waals surface area contributed by atoms with Gasteiger partial charge in [-0.25, -0.2) is 4.79 Å². The molecule has 0 aliphatic rings. The van der Waals surface area contributed by atoms with Gasteiger partial charge >= 0.3 is 5.97 Å². The van der Waals surface area contributed by atoms with Crippen LogP contribution in [0, 0.1) is 0 Å². The van der Waals surface area contributed by atoms with Crippen LogP contribution in [0.5, 0.6) is 5.75 Å². The molecule has 5 heteroatoms. The Morgan fingerprint density at radius 2 is 1.81 bits per heavy atom. The molecular formula is C11H14O4S. The summed E-state index contributed by atoms with van der Waals surface area (Å²) in [5.41, 5.74) is -1.27. The second kappa shape index (κ2) is 4.65. The van der Waals surface area contributed by atoms with Crippen molar-refractivity contribution in [3.63, 3.8) is 0 Å². The van der Waals surface area contributed by atoms with Gasteiger partial charge in [-0.3, -0.25) is 4.21 Å². The molecule has 16 heavy (non-hydrogen) atoms. The molecule has 88 valence electrons. The smallest absolute Gasteiger partial charge is 0.347 e. The molecule has 1 unspecified atom stereocenters. The summed E-state index contributed by atoms with van der Waals surface area (Å²) in [4.78, 5) is 11.5. The van der Waals surface area contributed by atoms with Gasteiger partial charge < -0.3 is 9.84 Å². The molecule has 0 bridgehead atoms. The molecule has 0 aliphatic heterocycles. The summed E-state index contributed by atoms with van der Waals surface area (Å²) < 4.78 is 16.4. The number of hydrogen-bond donors (Lipinski definition) is 1. The highest BCUT2D eigenvalue weighted by Gasteiger charge is 2.29. The Labute approximate surface area is 96.7 Å². The molecule has 0 saturated heterocycles. The first-order valence-electron chi connectivity index (χ1n) is 4.69. The van der Waals surface area contributed by atoms with Crippen LogP contribution in [0.3, 0.4) is 0 Å². The quantitative estimate of drug-likeness (QED) is 0.872. The average Bonchev–Trinajstić information content (AvgIpc) is 2.17. The lowest BCUT2D eigenvalue weighted by atomic mass is 10.1. The van der Waals surface area contributed by atoms with E-state index in [0.717, 1.165) is 0 Å². The van der Waals surface area contributed by atoms with Crippen molar-refractivity contribution in [2.75, 3.05) is 6.26 Å². The lowest BCUT2D eigenvalue weighted by Crippen LogP contribution is -2.37. The Hall–Kier alpha value is -1.36. The number of carboxylic acid groups (broad SMARTS) is 1. The first-order valence-corrected chi connectivity index (χ1v) is 6.24. The summed E-state index contributed by atoms with van der Waals surface area (Å²) in [5.74, 6) is -0.586. The van der Waals surface area contributed by atoms with E-state index in [0.29, 0.717) is 10.6 Å². The third-order valence-electron chi connectivity index (χ3n) is 2.04. The molecule has 0 heterocycles. The number of rotatable bonds is 4. The molecule has 0 radical (unpaired) electrons. The van der Waals surface area contributed by atoms with Crippen molar-refractivity contribution in [1.29, 1.82) is 0 Å². The van der Waals surface area contributed by atoms with Crippen LogP contribution in [0.2, 0.25) is 0 Å². The molecule has 1 aromatic carbocycles. The van der Waals surface area contributed by atoms with E-state index in [4.69, 9.17) is 9.84 Å². The van der Waals surface area contributed by atoms with Gasteiger partial charge in [0.25, 0.3) is 0 Å². The lowest BCUT2D eigenvalue weighted by Gasteiger charge is -2.21. The SMILES string of the molecule is CS(=O)c1ccc(OC(C)(C)C(=O)O)cc1. The second-order valence-electron chi connectivity index (χ2n) is 3.84. The number of benzene rings is 1. The van der Waals surface area contributed by atoms with Crippen molar-refractivity contribution < 1.29 is 18.8 Å².